The molecule has 2 rings (SSSR count). The quantitative estimate of drug-likeness (QED) is 0.839. The predicted octanol–water partition coefficient (Wildman–Crippen LogP) is 2.71. The molecule has 0 amide bonds. The fraction of sp³-hybridized carbons (Fsp3) is 0.333. The number of rotatable bonds is 5. The molecule has 1 aromatic heterocycles. The van der Waals surface area contributed by atoms with Gasteiger partial charge >= 0.3 is 0 Å². The molecule has 1 aromatic carbocycles. The fourth-order valence-corrected chi connectivity index (χ4v) is 2.31. The number of hydrogen-bond donors (Lipinski definition) is 0. The third-order valence-corrected chi connectivity index (χ3v) is 3.97. The molecule has 0 saturated heterocycles. The lowest BCUT2D eigenvalue weighted by molar-refractivity contribution is 0.240. The number of hydrogen-bond acceptors (Lipinski definition) is 4. The monoisotopic (exact) mass is 340 g/mol. The van der Waals surface area contributed by atoms with E-state index in [4.69, 9.17) is 23.2 Å². The fourth-order valence-electron chi connectivity index (χ4n) is 2.04. The first-order valence-corrected chi connectivity index (χ1v) is 7.50. The van der Waals surface area contributed by atoms with Crippen molar-refractivity contribution in [2.24, 2.45) is 0 Å². The molecule has 0 aliphatic rings. The maximum atomic E-state index is 11.9. The average molecular weight is 341 g/mol. The normalized spacial score (nSPS) is 11.0. The van der Waals surface area contributed by atoms with Crippen LogP contribution in [0.15, 0.2) is 35.3 Å². The van der Waals surface area contributed by atoms with Crippen LogP contribution in [-0.2, 0) is 13.2 Å². The van der Waals surface area contributed by atoms with Crippen molar-refractivity contribution < 1.29 is 0 Å². The average Bonchev–Trinajstić information content (AvgIpc) is 2.48. The molecule has 0 radical (unpaired) electrons. The van der Waals surface area contributed by atoms with Gasteiger partial charge in [0.15, 0.2) is 0 Å². The molecule has 0 N–H and O–H groups in total. The smallest absolute Gasteiger partial charge is 0.288 e. The molecule has 1 heterocycles. The summed E-state index contributed by atoms with van der Waals surface area (Å²) in [7, 11) is 5.92. The second-order valence-electron chi connectivity index (χ2n) is 5.33. The summed E-state index contributed by atoms with van der Waals surface area (Å²) in [6, 6.07) is 8.26. The van der Waals surface area contributed by atoms with E-state index in [-0.39, 0.29) is 15.6 Å². The van der Waals surface area contributed by atoms with E-state index in [2.05, 4.69) is 29.4 Å². The van der Waals surface area contributed by atoms with Crippen LogP contribution in [0.25, 0.3) is 0 Å². The Labute approximate surface area is 139 Å². The zero-order valence-corrected chi connectivity index (χ0v) is 14.3. The number of aromatic nitrogens is 2. The van der Waals surface area contributed by atoms with Crippen molar-refractivity contribution in [2.45, 2.75) is 13.2 Å². The van der Waals surface area contributed by atoms with Crippen molar-refractivity contribution in [1.29, 1.82) is 0 Å². The Morgan fingerprint density at radius 3 is 2.36 bits per heavy atom. The third-order valence-electron chi connectivity index (χ3n) is 3.22. The standard InChI is InChI=1S/C15H18Cl2N4O/c1-19(2)12-6-4-11(5-7-12)9-20(3)10-21-15(22)14(17)13(16)8-18-21/h4-8H,9-10H2,1-3H3. The molecule has 0 bridgehead atoms. The van der Waals surface area contributed by atoms with E-state index < -0.39 is 0 Å². The van der Waals surface area contributed by atoms with Crippen LogP contribution in [0.3, 0.4) is 0 Å². The molecule has 0 atom stereocenters. The van der Waals surface area contributed by atoms with Gasteiger partial charge < -0.3 is 4.90 Å². The van der Waals surface area contributed by atoms with Gasteiger partial charge in [0, 0.05) is 26.3 Å². The molecular weight excluding hydrogens is 323 g/mol. The van der Waals surface area contributed by atoms with Crippen molar-refractivity contribution in [3.05, 3.63) is 56.4 Å². The molecule has 0 unspecified atom stereocenters. The van der Waals surface area contributed by atoms with Crippen molar-refractivity contribution >= 4 is 28.9 Å². The summed E-state index contributed by atoms with van der Waals surface area (Å²) in [5, 5.41) is 4.17. The van der Waals surface area contributed by atoms with Crippen molar-refractivity contribution in [2.75, 3.05) is 26.0 Å². The van der Waals surface area contributed by atoms with Crippen LogP contribution in [0.5, 0.6) is 0 Å². The van der Waals surface area contributed by atoms with Crippen LogP contribution < -0.4 is 10.5 Å². The Morgan fingerprint density at radius 2 is 1.77 bits per heavy atom. The molecule has 0 aliphatic carbocycles. The SMILES string of the molecule is CN(Cc1ccc(N(C)C)cc1)Cn1ncc(Cl)c(Cl)c1=O. The van der Waals surface area contributed by atoms with Crippen LogP contribution in [0.1, 0.15) is 5.56 Å². The Morgan fingerprint density at radius 1 is 1.14 bits per heavy atom. The number of anilines is 1. The number of benzene rings is 1. The lowest BCUT2D eigenvalue weighted by atomic mass is 10.2. The van der Waals surface area contributed by atoms with E-state index in [1.165, 1.54) is 10.9 Å². The molecule has 5 nitrogen and oxygen atoms in total. The summed E-state index contributed by atoms with van der Waals surface area (Å²) >= 11 is 11.6. The summed E-state index contributed by atoms with van der Waals surface area (Å²) in [5.74, 6) is 0. The molecule has 118 valence electrons. The molecule has 2 aromatic rings. The highest BCUT2D eigenvalue weighted by atomic mass is 35.5. The Balaban J connectivity index is 2.05. The largest absolute Gasteiger partial charge is 0.378 e. The van der Waals surface area contributed by atoms with Gasteiger partial charge in [-0.1, -0.05) is 35.3 Å². The molecule has 22 heavy (non-hydrogen) atoms. The molecule has 0 aliphatic heterocycles. The second-order valence-corrected chi connectivity index (χ2v) is 6.11. The highest BCUT2D eigenvalue weighted by Crippen LogP contribution is 2.15. The van der Waals surface area contributed by atoms with E-state index in [1.54, 1.807) is 0 Å². The first-order chi connectivity index (χ1) is 10.4. The zero-order chi connectivity index (χ0) is 16.3. The van der Waals surface area contributed by atoms with Crippen LogP contribution in [0.2, 0.25) is 10.0 Å². The zero-order valence-electron chi connectivity index (χ0n) is 12.8. The summed E-state index contributed by atoms with van der Waals surface area (Å²) in [6.07, 6.45) is 1.38. The van der Waals surface area contributed by atoms with E-state index in [0.717, 1.165) is 11.3 Å². The van der Waals surface area contributed by atoms with Gasteiger partial charge in [-0.15, -0.1) is 0 Å². The molecule has 7 heteroatoms. The van der Waals surface area contributed by atoms with Gasteiger partial charge in [0.05, 0.1) is 17.9 Å². The lowest BCUT2D eigenvalue weighted by Gasteiger charge is -2.18. The minimum absolute atomic E-state index is 0.000373. The minimum Gasteiger partial charge on any atom is -0.378 e. The first-order valence-electron chi connectivity index (χ1n) is 6.74. The van der Waals surface area contributed by atoms with Gasteiger partial charge in [0.25, 0.3) is 5.56 Å². The van der Waals surface area contributed by atoms with E-state index >= 15 is 0 Å². The molecule has 0 fully saturated rings. The highest BCUT2D eigenvalue weighted by Gasteiger charge is 2.09. The number of nitrogens with zero attached hydrogens (tertiary/aromatic N) is 4. The van der Waals surface area contributed by atoms with Gasteiger partial charge in [0.1, 0.15) is 5.02 Å². The summed E-state index contributed by atoms with van der Waals surface area (Å²) in [5.41, 5.74) is 1.92. The van der Waals surface area contributed by atoms with E-state index in [1.807, 2.05) is 30.9 Å². The minimum atomic E-state index is -0.385. The third kappa shape index (κ3) is 4.00. The van der Waals surface area contributed by atoms with E-state index in [0.29, 0.717) is 13.2 Å². The van der Waals surface area contributed by atoms with Gasteiger partial charge in [-0.05, 0) is 24.7 Å². The lowest BCUT2D eigenvalue weighted by Crippen LogP contribution is -2.31. The van der Waals surface area contributed by atoms with Gasteiger partial charge in [-0.3, -0.25) is 9.69 Å². The Kier molecular flexibility index (Phi) is 5.45. The van der Waals surface area contributed by atoms with Crippen LogP contribution >= 0.6 is 23.2 Å². The van der Waals surface area contributed by atoms with Crippen molar-refractivity contribution in [1.82, 2.24) is 14.7 Å². The maximum absolute atomic E-state index is 11.9. The second kappa shape index (κ2) is 7.13. The van der Waals surface area contributed by atoms with Crippen molar-refractivity contribution in [3.63, 3.8) is 0 Å². The predicted molar refractivity (Wildman–Crippen MR) is 90.8 cm³/mol. The topological polar surface area (TPSA) is 41.4 Å². The maximum Gasteiger partial charge on any atom is 0.288 e. The summed E-state index contributed by atoms with van der Waals surface area (Å²) in [6.45, 7) is 1.03. The summed E-state index contributed by atoms with van der Waals surface area (Å²) < 4.78 is 1.29. The first kappa shape index (κ1) is 16.8. The molecule has 0 saturated carbocycles. The van der Waals surface area contributed by atoms with Crippen molar-refractivity contribution in [3.8, 4) is 0 Å². The van der Waals surface area contributed by atoms with Crippen LogP contribution in [-0.4, -0.2) is 35.8 Å². The van der Waals surface area contributed by atoms with Crippen LogP contribution in [0, 0.1) is 0 Å². The van der Waals surface area contributed by atoms with Gasteiger partial charge in [-0.2, -0.15) is 5.10 Å². The summed E-state index contributed by atoms with van der Waals surface area (Å²) in [4.78, 5) is 16.0. The van der Waals surface area contributed by atoms with Crippen LogP contribution in [0.4, 0.5) is 5.69 Å². The van der Waals surface area contributed by atoms with E-state index in [9.17, 15) is 4.79 Å². The molecular formula is C15H18Cl2N4O. The number of halogens is 2. The molecule has 0 spiro atoms. The van der Waals surface area contributed by atoms with Gasteiger partial charge in [0.2, 0.25) is 0 Å². The Hall–Kier alpha value is -1.56. The Bertz CT molecular complexity index is 698. The van der Waals surface area contributed by atoms with Gasteiger partial charge in [-0.25, -0.2) is 4.68 Å². The highest BCUT2D eigenvalue weighted by molar-refractivity contribution is 6.41.